The molecule has 26 heteroatoms. The zero-order chi connectivity index (χ0) is 39.9. The highest BCUT2D eigenvalue weighted by Gasteiger charge is 2.21. The highest BCUT2D eigenvalue weighted by molar-refractivity contribution is 7.94. The van der Waals surface area contributed by atoms with Crippen molar-refractivity contribution in [1.82, 2.24) is 15.0 Å². The molecule has 0 bridgehead atoms. The average molecular weight is 855 g/mol. The molecule has 1 heterocycles. The molecule has 0 saturated heterocycles. The summed E-state index contributed by atoms with van der Waals surface area (Å²) in [5, 5.41) is 20.9. The SMILES string of the molecule is O=S(=O)(O)c1ccc(Nc2nc(Nc3ccc4c(S(=O)(=O)O)cc(SOOO)cc4c3)nc(Nc3ccc4c(S(=O)(=O)O)cc(S(=O)(=O)O)cc4c3)n2)cc1. The van der Waals surface area contributed by atoms with E-state index in [1.807, 2.05) is 0 Å². The van der Waals surface area contributed by atoms with Crippen LogP contribution in [-0.4, -0.2) is 72.1 Å². The van der Waals surface area contributed by atoms with Crippen LogP contribution in [0.5, 0.6) is 0 Å². The van der Waals surface area contributed by atoms with Gasteiger partial charge in [-0.05, 0) is 83.6 Å². The Morgan fingerprint density at radius 2 is 0.927 bits per heavy atom. The largest absolute Gasteiger partial charge is 0.324 e. The van der Waals surface area contributed by atoms with Crippen molar-refractivity contribution in [2.75, 3.05) is 16.0 Å². The molecule has 0 amide bonds. The van der Waals surface area contributed by atoms with Gasteiger partial charge in [-0.3, -0.25) is 18.2 Å². The Morgan fingerprint density at radius 1 is 0.491 bits per heavy atom. The van der Waals surface area contributed by atoms with Gasteiger partial charge in [-0.2, -0.15) is 48.6 Å². The molecular formula is C29H22N6O15S5. The first-order chi connectivity index (χ1) is 25.7. The zero-order valence-corrected chi connectivity index (χ0v) is 30.9. The van der Waals surface area contributed by atoms with Gasteiger partial charge in [0.05, 0.1) is 21.8 Å². The Morgan fingerprint density at radius 3 is 1.38 bits per heavy atom. The first-order valence-electron chi connectivity index (χ1n) is 14.5. The summed E-state index contributed by atoms with van der Waals surface area (Å²) < 4.78 is 138. The van der Waals surface area contributed by atoms with Gasteiger partial charge in [0.25, 0.3) is 40.5 Å². The molecule has 1 aromatic heterocycles. The minimum absolute atomic E-state index is 0.0497. The maximum absolute atomic E-state index is 12.1. The Hall–Kier alpha value is -5.10. The van der Waals surface area contributed by atoms with Crippen LogP contribution < -0.4 is 16.0 Å². The van der Waals surface area contributed by atoms with Crippen molar-refractivity contribution in [3.8, 4) is 0 Å². The summed E-state index contributed by atoms with van der Waals surface area (Å²) in [5.74, 6) is -0.504. The summed E-state index contributed by atoms with van der Waals surface area (Å²) in [6.07, 6.45) is 0. The molecule has 0 unspecified atom stereocenters. The Bertz CT molecular complexity index is 2950. The van der Waals surface area contributed by atoms with Gasteiger partial charge >= 0.3 is 0 Å². The molecular weight excluding hydrogens is 833 g/mol. The van der Waals surface area contributed by atoms with E-state index in [0.717, 1.165) is 24.3 Å². The first-order valence-corrected chi connectivity index (χ1v) is 21.1. The molecule has 5 aromatic carbocycles. The van der Waals surface area contributed by atoms with Crippen molar-refractivity contribution < 1.29 is 66.5 Å². The molecule has 0 fully saturated rings. The zero-order valence-electron chi connectivity index (χ0n) is 26.8. The van der Waals surface area contributed by atoms with Crippen LogP contribution >= 0.6 is 12.0 Å². The topological polar surface area (TPSA) is 331 Å². The van der Waals surface area contributed by atoms with Gasteiger partial charge in [-0.1, -0.05) is 17.2 Å². The van der Waals surface area contributed by atoms with Crippen molar-refractivity contribution in [1.29, 1.82) is 0 Å². The molecule has 55 heavy (non-hydrogen) atoms. The number of rotatable bonds is 13. The lowest BCUT2D eigenvalue weighted by atomic mass is 10.1. The van der Waals surface area contributed by atoms with Gasteiger partial charge in [0.2, 0.25) is 17.8 Å². The Balaban J connectivity index is 1.42. The number of benzene rings is 5. The number of fused-ring (bicyclic) bond motifs is 2. The van der Waals surface area contributed by atoms with Crippen molar-refractivity contribution >= 4 is 109 Å². The van der Waals surface area contributed by atoms with Crippen LogP contribution in [0, 0.1) is 0 Å². The van der Waals surface area contributed by atoms with Gasteiger partial charge in [0.15, 0.2) is 0 Å². The van der Waals surface area contributed by atoms with Crippen LogP contribution in [0.2, 0.25) is 0 Å². The summed E-state index contributed by atoms with van der Waals surface area (Å²) in [7, 11) is -19.1. The maximum Gasteiger partial charge on any atom is 0.295 e. The first kappa shape index (κ1) is 39.6. The number of hydrogen-bond acceptors (Lipinski definition) is 18. The number of anilines is 6. The molecule has 6 aromatic rings. The smallest absolute Gasteiger partial charge is 0.295 e. The van der Waals surface area contributed by atoms with E-state index >= 15 is 0 Å². The van der Waals surface area contributed by atoms with Crippen LogP contribution in [0.4, 0.5) is 34.9 Å². The quantitative estimate of drug-likeness (QED) is 0.0334. The highest BCUT2D eigenvalue weighted by atomic mass is 32.2. The second-order valence-electron chi connectivity index (χ2n) is 11.0. The minimum atomic E-state index is -4.95. The lowest BCUT2D eigenvalue weighted by Gasteiger charge is -2.13. The summed E-state index contributed by atoms with van der Waals surface area (Å²) in [6.45, 7) is 0. The summed E-state index contributed by atoms with van der Waals surface area (Å²) in [6, 6.07) is 17.0. The number of nitrogens with zero attached hydrogens (tertiary/aromatic N) is 3. The maximum atomic E-state index is 12.1. The van der Waals surface area contributed by atoms with Crippen molar-refractivity contribution in [2.24, 2.45) is 0 Å². The van der Waals surface area contributed by atoms with E-state index in [1.165, 1.54) is 54.6 Å². The summed E-state index contributed by atoms with van der Waals surface area (Å²) >= 11 is 0.438. The number of aromatic nitrogens is 3. The monoisotopic (exact) mass is 854 g/mol. The summed E-state index contributed by atoms with van der Waals surface area (Å²) in [4.78, 5) is 10.6. The Labute approximate surface area is 314 Å². The predicted molar refractivity (Wildman–Crippen MR) is 194 cm³/mol. The number of hydrogen-bond donors (Lipinski definition) is 8. The van der Waals surface area contributed by atoms with E-state index in [-0.39, 0.29) is 61.3 Å². The predicted octanol–water partition coefficient (Wildman–Crippen LogP) is 4.82. The van der Waals surface area contributed by atoms with Gasteiger partial charge in [0, 0.05) is 32.7 Å². The van der Waals surface area contributed by atoms with Crippen LogP contribution in [-0.2, 0) is 49.8 Å². The molecule has 0 radical (unpaired) electrons. The van der Waals surface area contributed by atoms with Crippen LogP contribution in [0.25, 0.3) is 21.5 Å². The van der Waals surface area contributed by atoms with E-state index in [4.69, 9.17) is 5.26 Å². The lowest BCUT2D eigenvalue weighted by Crippen LogP contribution is -2.08. The fourth-order valence-corrected chi connectivity index (χ4v) is 8.19. The third-order valence-corrected chi connectivity index (χ3v) is 11.4. The van der Waals surface area contributed by atoms with E-state index in [0.29, 0.717) is 18.1 Å². The second kappa shape index (κ2) is 14.9. The third-order valence-electron chi connectivity index (χ3n) is 7.35. The van der Waals surface area contributed by atoms with Crippen LogP contribution in [0.3, 0.4) is 0 Å². The van der Waals surface area contributed by atoms with Crippen LogP contribution in [0.1, 0.15) is 0 Å². The van der Waals surface area contributed by atoms with E-state index in [1.54, 1.807) is 0 Å². The third kappa shape index (κ3) is 9.41. The summed E-state index contributed by atoms with van der Waals surface area (Å²) in [5.41, 5.74) is 0.653. The second-order valence-corrected chi connectivity index (χ2v) is 17.4. The molecule has 0 aliphatic heterocycles. The fourth-order valence-electron chi connectivity index (χ4n) is 5.09. The van der Waals surface area contributed by atoms with Crippen molar-refractivity contribution in [3.63, 3.8) is 0 Å². The van der Waals surface area contributed by atoms with Gasteiger partial charge < -0.3 is 16.0 Å². The van der Waals surface area contributed by atoms with Gasteiger partial charge in [0.1, 0.15) is 9.79 Å². The average Bonchev–Trinajstić information content (AvgIpc) is 3.08. The Kier molecular flexibility index (Phi) is 10.7. The van der Waals surface area contributed by atoms with Gasteiger partial charge in [-0.15, -0.1) is 4.33 Å². The molecule has 0 atom stereocenters. The molecule has 8 N–H and O–H groups in total. The fraction of sp³-hybridized carbons (Fsp3) is 0. The molecule has 0 saturated carbocycles. The molecule has 0 aliphatic carbocycles. The van der Waals surface area contributed by atoms with E-state index in [2.05, 4.69) is 40.3 Å². The van der Waals surface area contributed by atoms with Crippen molar-refractivity contribution in [2.45, 2.75) is 24.5 Å². The molecule has 0 spiro atoms. The van der Waals surface area contributed by atoms with Gasteiger partial charge in [-0.25, -0.2) is 5.26 Å². The highest BCUT2D eigenvalue weighted by Crippen LogP contribution is 2.34. The van der Waals surface area contributed by atoms with E-state index in [9.17, 15) is 51.9 Å². The molecule has 0 aliphatic rings. The lowest BCUT2D eigenvalue weighted by molar-refractivity contribution is -0.432. The number of nitrogens with one attached hydrogen (secondary N) is 3. The molecule has 288 valence electrons. The normalized spacial score (nSPS) is 12.5. The van der Waals surface area contributed by atoms with E-state index < -0.39 is 60.1 Å². The van der Waals surface area contributed by atoms with Crippen LogP contribution in [0.15, 0.2) is 109 Å². The van der Waals surface area contributed by atoms with Crippen molar-refractivity contribution in [3.05, 3.63) is 84.9 Å². The molecule has 21 nitrogen and oxygen atoms in total. The standard InChI is InChI=1S/C29H22N6O15S5/c36-49-50-51-20-11-15-9-18(3-7-23(15)25(13-20)54(43,44)45)31-28-33-27(30-17-1-5-21(6-2-17)52(37,38)39)34-29(35-28)32-19-4-8-24-16(10-19)12-22(53(40,41)42)14-26(24)55(46,47)48/h1-14,36H,(H,37,38,39)(H,40,41,42)(H,43,44,45)(H,46,47,48)(H3,30,31,32,33,34,35). The minimum Gasteiger partial charge on any atom is -0.324 e. The molecule has 6 rings (SSSR count).